The Morgan fingerprint density at radius 3 is 3.04 bits per heavy atom. The van der Waals surface area contributed by atoms with E-state index in [-0.39, 0.29) is 18.4 Å². The van der Waals surface area contributed by atoms with Crippen molar-refractivity contribution < 1.29 is 9.59 Å². The van der Waals surface area contributed by atoms with Crippen LogP contribution in [0.1, 0.15) is 18.4 Å². The monoisotopic (exact) mass is 312 g/mol. The molecule has 2 amide bonds. The van der Waals surface area contributed by atoms with Gasteiger partial charge in [0, 0.05) is 18.8 Å². The highest BCUT2D eigenvalue weighted by molar-refractivity contribution is 6.06. The minimum Gasteiger partial charge on any atom is -0.340 e. The standard InChI is InChI=1S/C15H16N6O2/c22-13(8-21-10-16-18-19-21)20-7-3-6-15(9-20)11-4-1-2-5-12(11)17-14(15)23/h1-2,4-5,10H,3,6-9H2,(H,17,23)/t15-/m1/s1. The fraction of sp³-hybridized carbons (Fsp3) is 0.400. The Labute approximate surface area is 132 Å². The zero-order valence-corrected chi connectivity index (χ0v) is 12.5. The minimum absolute atomic E-state index is 0.0152. The van der Waals surface area contributed by atoms with Crippen LogP contribution in [0.5, 0.6) is 0 Å². The summed E-state index contributed by atoms with van der Waals surface area (Å²) in [7, 11) is 0. The first kappa shape index (κ1) is 13.9. The normalized spacial score (nSPS) is 23.0. The molecule has 118 valence electrons. The first-order valence-corrected chi connectivity index (χ1v) is 7.58. The maximum atomic E-state index is 12.6. The number of nitrogens with one attached hydrogen (secondary N) is 1. The van der Waals surface area contributed by atoms with Gasteiger partial charge in [-0.25, -0.2) is 4.68 Å². The van der Waals surface area contributed by atoms with E-state index in [1.165, 1.54) is 11.0 Å². The van der Waals surface area contributed by atoms with Crippen LogP contribution < -0.4 is 5.32 Å². The summed E-state index contributed by atoms with van der Waals surface area (Å²) < 4.78 is 1.40. The van der Waals surface area contributed by atoms with Gasteiger partial charge in [0.05, 0.1) is 5.41 Å². The van der Waals surface area contributed by atoms with Gasteiger partial charge in [0.15, 0.2) is 0 Å². The van der Waals surface area contributed by atoms with E-state index in [4.69, 9.17) is 0 Å². The lowest BCUT2D eigenvalue weighted by atomic mass is 9.75. The number of carbonyl (C=O) groups excluding carboxylic acids is 2. The zero-order valence-electron chi connectivity index (χ0n) is 12.5. The molecule has 3 heterocycles. The SMILES string of the molecule is O=C(Cn1cnnn1)N1CCC[C@]2(C1)C(=O)Nc1ccccc12. The van der Waals surface area contributed by atoms with Crippen LogP contribution in [0.2, 0.25) is 0 Å². The molecular weight excluding hydrogens is 296 g/mol. The smallest absolute Gasteiger partial charge is 0.244 e. The topological polar surface area (TPSA) is 93.0 Å². The molecule has 1 saturated heterocycles. The Balaban J connectivity index is 1.60. The van der Waals surface area contributed by atoms with E-state index < -0.39 is 5.41 Å². The molecule has 1 spiro atoms. The summed E-state index contributed by atoms with van der Waals surface area (Å²) in [6.45, 7) is 1.14. The van der Waals surface area contributed by atoms with Crippen molar-refractivity contribution in [2.24, 2.45) is 0 Å². The van der Waals surface area contributed by atoms with Crippen molar-refractivity contribution in [3.05, 3.63) is 36.2 Å². The number of aromatic nitrogens is 4. The number of carbonyl (C=O) groups is 2. The number of rotatable bonds is 2. The quantitative estimate of drug-likeness (QED) is 0.854. The number of piperidine rings is 1. The van der Waals surface area contributed by atoms with Crippen molar-refractivity contribution in [1.29, 1.82) is 0 Å². The number of hydrogen-bond acceptors (Lipinski definition) is 5. The Bertz CT molecular complexity index is 759. The number of benzene rings is 1. The van der Waals surface area contributed by atoms with Crippen molar-refractivity contribution in [3.8, 4) is 0 Å². The molecule has 0 unspecified atom stereocenters. The van der Waals surface area contributed by atoms with Crippen molar-refractivity contribution in [2.75, 3.05) is 18.4 Å². The van der Waals surface area contributed by atoms with E-state index in [9.17, 15) is 9.59 Å². The van der Waals surface area contributed by atoms with Gasteiger partial charge in [0.1, 0.15) is 12.9 Å². The molecular formula is C15H16N6O2. The molecule has 2 aliphatic heterocycles. The highest BCUT2D eigenvalue weighted by Crippen LogP contribution is 2.43. The summed E-state index contributed by atoms with van der Waals surface area (Å²) in [5.41, 5.74) is 1.21. The first-order valence-electron chi connectivity index (χ1n) is 7.58. The lowest BCUT2D eigenvalue weighted by Crippen LogP contribution is -2.52. The van der Waals surface area contributed by atoms with Gasteiger partial charge in [-0.05, 0) is 34.9 Å². The first-order chi connectivity index (χ1) is 11.2. The van der Waals surface area contributed by atoms with E-state index in [0.717, 1.165) is 24.1 Å². The van der Waals surface area contributed by atoms with Gasteiger partial charge >= 0.3 is 0 Å². The molecule has 0 saturated carbocycles. The molecule has 4 rings (SSSR count). The Morgan fingerprint density at radius 1 is 1.35 bits per heavy atom. The summed E-state index contributed by atoms with van der Waals surface area (Å²) in [6.07, 6.45) is 2.96. The molecule has 2 aromatic rings. The number of para-hydroxylation sites is 1. The third kappa shape index (κ3) is 2.18. The summed E-state index contributed by atoms with van der Waals surface area (Å²) in [4.78, 5) is 26.9. The van der Waals surface area contributed by atoms with Crippen LogP contribution in [0.3, 0.4) is 0 Å². The third-order valence-corrected chi connectivity index (χ3v) is 4.66. The highest BCUT2D eigenvalue weighted by atomic mass is 16.2. The highest BCUT2D eigenvalue weighted by Gasteiger charge is 2.49. The zero-order chi connectivity index (χ0) is 15.9. The molecule has 0 bridgehead atoms. The molecule has 1 aromatic heterocycles. The number of tetrazole rings is 1. The van der Waals surface area contributed by atoms with Crippen molar-refractivity contribution in [1.82, 2.24) is 25.1 Å². The summed E-state index contributed by atoms with van der Waals surface area (Å²) in [5.74, 6) is -0.0906. The molecule has 8 heteroatoms. The maximum absolute atomic E-state index is 12.6. The largest absolute Gasteiger partial charge is 0.340 e. The second kappa shape index (κ2) is 5.15. The fourth-order valence-corrected chi connectivity index (χ4v) is 3.54. The van der Waals surface area contributed by atoms with Crippen LogP contribution in [0.15, 0.2) is 30.6 Å². The number of nitrogens with zero attached hydrogens (tertiary/aromatic N) is 5. The number of likely N-dealkylation sites (tertiary alicyclic amines) is 1. The van der Waals surface area contributed by atoms with Crippen LogP contribution in [-0.4, -0.2) is 50.0 Å². The van der Waals surface area contributed by atoms with Crippen LogP contribution in [0, 0.1) is 0 Å². The number of fused-ring (bicyclic) bond motifs is 2. The van der Waals surface area contributed by atoms with Crippen LogP contribution in [0.4, 0.5) is 5.69 Å². The number of anilines is 1. The van der Waals surface area contributed by atoms with Gasteiger partial charge in [-0.1, -0.05) is 18.2 Å². The van der Waals surface area contributed by atoms with E-state index >= 15 is 0 Å². The van der Waals surface area contributed by atoms with Gasteiger partial charge in [0.25, 0.3) is 0 Å². The lowest BCUT2D eigenvalue weighted by Gasteiger charge is -2.39. The predicted molar refractivity (Wildman–Crippen MR) is 80.4 cm³/mol. The molecule has 2 aliphatic rings. The average molecular weight is 312 g/mol. The van der Waals surface area contributed by atoms with Crippen molar-refractivity contribution >= 4 is 17.5 Å². The van der Waals surface area contributed by atoms with E-state index in [1.807, 2.05) is 24.3 Å². The van der Waals surface area contributed by atoms with Gasteiger partial charge in [-0.3, -0.25) is 9.59 Å². The van der Waals surface area contributed by atoms with Crippen molar-refractivity contribution in [3.63, 3.8) is 0 Å². The van der Waals surface area contributed by atoms with Crippen LogP contribution in [-0.2, 0) is 21.5 Å². The van der Waals surface area contributed by atoms with Gasteiger partial charge < -0.3 is 10.2 Å². The molecule has 1 N–H and O–H groups in total. The molecule has 0 aliphatic carbocycles. The lowest BCUT2D eigenvalue weighted by molar-refractivity contribution is -0.136. The molecule has 1 atom stereocenters. The fourth-order valence-electron chi connectivity index (χ4n) is 3.54. The van der Waals surface area contributed by atoms with Crippen LogP contribution >= 0.6 is 0 Å². The van der Waals surface area contributed by atoms with E-state index in [2.05, 4.69) is 20.8 Å². The summed E-state index contributed by atoms with van der Waals surface area (Å²) >= 11 is 0. The number of hydrogen-bond donors (Lipinski definition) is 1. The molecule has 0 radical (unpaired) electrons. The Kier molecular flexibility index (Phi) is 3.10. The second-order valence-electron chi connectivity index (χ2n) is 6.01. The van der Waals surface area contributed by atoms with Crippen molar-refractivity contribution in [2.45, 2.75) is 24.8 Å². The molecule has 23 heavy (non-hydrogen) atoms. The van der Waals surface area contributed by atoms with Gasteiger partial charge in [-0.2, -0.15) is 0 Å². The predicted octanol–water partition coefficient (Wildman–Crippen LogP) is 0.186. The molecule has 1 aromatic carbocycles. The minimum atomic E-state index is -0.634. The third-order valence-electron chi connectivity index (χ3n) is 4.66. The summed E-state index contributed by atoms with van der Waals surface area (Å²) in [5, 5.41) is 13.7. The summed E-state index contributed by atoms with van der Waals surface area (Å²) in [6, 6.07) is 7.72. The van der Waals surface area contributed by atoms with Gasteiger partial charge in [-0.15, -0.1) is 5.10 Å². The Hall–Kier alpha value is -2.77. The maximum Gasteiger partial charge on any atom is 0.244 e. The average Bonchev–Trinajstić information content (AvgIpc) is 3.16. The second-order valence-corrected chi connectivity index (χ2v) is 6.01. The molecule has 1 fully saturated rings. The van der Waals surface area contributed by atoms with E-state index in [1.54, 1.807) is 4.90 Å². The Morgan fingerprint density at radius 2 is 2.22 bits per heavy atom. The molecule has 8 nitrogen and oxygen atoms in total. The van der Waals surface area contributed by atoms with E-state index in [0.29, 0.717) is 13.1 Å². The van der Waals surface area contributed by atoms with Gasteiger partial charge in [0.2, 0.25) is 11.8 Å². The van der Waals surface area contributed by atoms with Crippen LogP contribution in [0.25, 0.3) is 0 Å². The number of amides is 2.